The number of nitrogens with one attached hydrogen (secondary N) is 1. The van der Waals surface area contributed by atoms with Crippen molar-refractivity contribution < 1.29 is 9.53 Å². The number of amides is 1. The van der Waals surface area contributed by atoms with E-state index in [1.54, 1.807) is 11.3 Å². The van der Waals surface area contributed by atoms with Crippen molar-refractivity contribution in [2.75, 3.05) is 26.2 Å². The monoisotopic (exact) mass is 463 g/mol. The number of piperidine rings is 1. The van der Waals surface area contributed by atoms with Crippen LogP contribution in [-0.2, 0) is 0 Å². The summed E-state index contributed by atoms with van der Waals surface area (Å²) in [7, 11) is 0. The Morgan fingerprint density at radius 1 is 1.09 bits per heavy atom. The molecule has 2 heterocycles. The van der Waals surface area contributed by atoms with Gasteiger partial charge in [0, 0.05) is 6.54 Å². The first-order chi connectivity index (χ1) is 16.2. The highest BCUT2D eigenvalue weighted by atomic mass is 32.1. The second-order valence-electron chi connectivity index (χ2n) is 8.52. The highest BCUT2D eigenvalue weighted by molar-refractivity contribution is 7.15. The second-order valence-corrected chi connectivity index (χ2v) is 9.72. The number of ether oxygens (including phenoxy) is 1. The molecule has 1 unspecified atom stereocenters. The molecule has 3 aromatic rings. The highest BCUT2D eigenvalue weighted by Crippen LogP contribution is 2.31. The van der Waals surface area contributed by atoms with E-state index in [0.717, 1.165) is 47.3 Å². The lowest BCUT2D eigenvalue weighted by Gasteiger charge is -2.35. The lowest BCUT2D eigenvalue weighted by Crippen LogP contribution is -2.40. The molecule has 0 saturated carbocycles. The van der Waals surface area contributed by atoms with Gasteiger partial charge in [-0.2, -0.15) is 0 Å². The number of likely N-dealkylation sites (tertiary alicyclic amines) is 1. The first kappa shape index (κ1) is 23.5. The van der Waals surface area contributed by atoms with E-state index >= 15 is 0 Å². The molecule has 1 N–H and O–H groups in total. The van der Waals surface area contributed by atoms with Crippen molar-refractivity contribution in [2.45, 2.75) is 45.6 Å². The predicted octanol–water partition coefficient (Wildman–Crippen LogP) is 5.86. The van der Waals surface area contributed by atoms with E-state index in [1.165, 1.54) is 24.8 Å². The van der Waals surface area contributed by atoms with Gasteiger partial charge in [-0.05, 0) is 62.5 Å². The average molecular weight is 464 g/mol. The van der Waals surface area contributed by atoms with Gasteiger partial charge >= 0.3 is 0 Å². The number of carbonyl (C=O) groups excluding carboxylic acids is 1. The first-order valence-corrected chi connectivity index (χ1v) is 12.7. The molecule has 1 atom stereocenters. The lowest BCUT2D eigenvalue weighted by atomic mass is 10.0. The molecule has 0 aliphatic carbocycles. The number of carbonyl (C=O) groups is 1. The minimum atomic E-state index is -0.108. The summed E-state index contributed by atoms with van der Waals surface area (Å²) in [5, 5.41) is 4.10. The molecular weight excluding hydrogens is 430 g/mol. The molecule has 1 amide bonds. The largest absolute Gasteiger partial charge is 0.494 e. The van der Waals surface area contributed by atoms with Crippen LogP contribution in [0.3, 0.4) is 0 Å². The van der Waals surface area contributed by atoms with Crippen LogP contribution in [0.2, 0.25) is 0 Å². The van der Waals surface area contributed by atoms with Crippen molar-refractivity contribution in [1.82, 2.24) is 15.2 Å². The molecule has 4 rings (SSSR count). The summed E-state index contributed by atoms with van der Waals surface area (Å²) in [5.41, 5.74) is 2.76. The Morgan fingerprint density at radius 2 is 1.82 bits per heavy atom. The number of benzene rings is 2. The summed E-state index contributed by atoms with van der Waals surface area (Å²) in [5.74, 6) is 0.788. The zero-order chi connectivity index (χ0) is 23.0. The number of thiazole rings is 1. The summed E-state index contributed by atoms with van der Waals surface area (Å²) in [6.07, 6.45) is 4.67. The van der Waals surface area contributed by atoms with Crippen molar-refractivity contribution >= 4 is 17.2 Å². The smallest absolute Gasteiger partial charge is 0.271 e. The van der Waals surface area contributed by atoms with E-state index in [0.29, 0.717) is 12.2 Å². The Labute approximate surface area is 200 Å². The Balaban J connectivity index is 1.51. The zero-order valence-corrected chi connectivity index (χ0v) is 20.4. The highest BCUT2D eigenvalue weighted by Gasteiger charge is 2.25. The quantitative estimate of drug-likeness (QED) is 0.432. The summed E-state index contributed by atoms with van der Waals surface area (Å²) in [6.45, 7) is 7.45. The summed E-state index contributed by atoms with van der Waals surface area (Å²) < 4.78 is 5.76. The van der Waals surface area contributed by atoms with E-state index in [-0.39, 0.29) is 11.9 Å². The van der Waals surface area contributed by atoms with Gasteiger partial charge in [0.25, 0.3) is 5.91 Å². The van der Waals surface area contributed by atoms with Crippen molar-refractivity contribution in [3.05, 3.63) is 70.9 Å². The van der Waals surface area contributed by atoms with Gasteiger partial charge in [-0.3, -0.25) is 9.69 Å². The summed E-state index contributed by atoms with van der Waals surface area (Å²) in [6, 6.07) is 18.5. The number of hydrogen-bond donors (Lipinski definition) is 1. The van der Waals surface area contributed by atoms with Gasteiger partial charge in [-0.25, -0.2) is 4.98 Å². The Bertz CT molecular complexity index is 1030. The molecule has 2 aromatic carbocycles. The van der Waals surface area contributed by atoms with Crippen LogP contribution in [0.15, 0.2) is 54.6 Å². The van der Waals surface area contributed by atoms with Gasteiger partial charge in [0.15, 0.2) is 0 Å². The maximum atomic E-state index is 13.2. The van der Waals surface area contributed by atoms with Gasteiger partial charge in [0.05, 0.1) is 22.5 Å². The van der Waals surface area contributed by atoms with Gasteiger partial charge in [0.1, 0.15) is 11.4 Å². The topological polar surface area (TPSA) is 54.5 Å². The number of nitrogens with zero attached hydrogens (tertiary/aromatic N) is 2. The molecule has 5 nitrogen and oxygen atoms in total. The van der Waals surface area contributed by atoms with Crippen LogP contribution in [0.25, 0.3) is 10.4 Å². The molecule has 1 fully saturated rings. The van der Waals surface area contributed by atoms with E-state index < -0.39 is 0 Å². The SMILES string of the molecule is CCCOc1ccc(C(CNC(=O)c2nc(C)sc2-c2ccccc2)N2CCCCC2)cc1. The average Bonchev–Trinajstić information content (AvgIpc) is 3.26. The second kappa shape index (κ2) is 11.4. The van der Waals surface area contributed by atoms with Crippen LogP contribution in [-0.4, -0.2) is 42.0 Å². The number of aryl methyl sites for hydroxylation is 1. The molecule has 174 valence electrons. The normalized spacial score (nSPS) is 15.2. The van der Waals surface area contributed by atoms with Gasteiger partial charge in [0.2, 0.25) is 0 Å². The van der Waals surface area contributed by atoms with Crippen molar-refractivity contribution in [3.63, 3.8) is 0 Å². The van der Waals surface area contributed by atoms with Crippen LogP contribution in [0.4, 0.5) is 0 Å². The molecule has 1 aliphatic heterocycles. The first-order valence-electron chi connectivity index (χ1n) is 11.9. The fourth-order valence-corrected chi connectivity index (χ4v) is 5.25. The molecule has 1 saturated heterocycles. The molecule has 0 bridgehead atoms. The molecule has 1 aromatic heterocycles. The third kappa shape index (κ3) is 6.01. The molecule has 0 radical (unpaired) electrons. The summed E-state index contributed by atoms with van der Waals surface area (Å²) >= 11 is 1.57. The van der Waals surface area contributed by atoms with Crippen LogP contribution >= 0.6 is 11.3 Å². The van der Waals surface area contributed by atoms with Gasteiger partial charge in [-0.15, -0.1) is 11.3 Å². The number of aromatic nitrogens is 1. The zero-order valence-electron chi connectivity index (χ0n) is 19.5. The third-order valence-electron chi connectivity index (χ3n) is 6.01. The van der Waals surface area contributed by atoms with Gasteiger partial charge in [-0.1, -0.05) is 55.8 Å². The standard InChI is InChI=1S/C27H33N3O2S/c1-3-18-32-23-14-12-21(13-15-23)24(30-16-8-5-9-17-30)19-28-27(31)25-26(33-20(2)29-25)22-10-6-4-7-11-22/h4,6-7,10-15,24H,3,5,8-9,16-19H2,1-2H3,(H,28,31). The predicted molar refractivity (Wildman–Crippen MR) is 135 cm³/mol. The van der Waals surface area contributed by atoms with E-state index in [9.17, 15) is 4.79 Å². The molecular formula is C27H33N3O2S. The molecule has 6 heteroatoms. The maximum absolute atomic E-state index is 13.2. The van der Waals surface area contributed by atoms with E-state index in [1.807, 2.05) is 49.4 Å². The minimum absolute atomic E-state index is 0.108. The molecule has 0 spiro atoms. The lowest BCUT2D eigenvalue weighted by molar-refractivity contribution is 0.0920. The fourth-order valence-electron chi connectivity index (χ4n) is 4.33. The molecule has 33 heavy (non-hydrogen) atoms. The number of rotatable bonds is 9. The van der Waals surface area contributed by atoms with E-state index in [4.69, 9.17) is 4.74 Å². The fraction of sp³-hybridized carbons (Fsp3) is 0.407. The summed E-state index contributed by atoms with van der Waals surface area (Å²) in [4.78, 5) is 21.2. The maximum Gasteiger partial charge on any atom is 0.271 e. The minimum Gasteiger partial charge on any atom is -0.494 e. The van der Waals surface area contributed by atoms with Crippen LogP contribution in [0.5, 0.6) is 5.75 Å². The van der Waals surface area contributed by atoms with Crippen molar-refractivity contribution in [3.8, 4) is 16.2 Å². The third-order valence-corrected chi connectivity index (χ3v) is 7.03. The van der Waals surface area contributed by atoms with E-state index in [2.05, 4.69) is 34.3 Å². The Hall–Kier alpha value is -2.70. The van der Waals surface area contributed by atoms with Crippen molar-refractivity contribution in [1.29, 1.82) is 0 Å². The van der Waals surface area contributed by atoms with Crippen LogP contribution in [0, 0.1) is 6.92 Å². The molecule has 1 aliphatic rings. The number of hydrogen-bond acceptors (Lipinski definition) is 5. The Morgan fingerprint density at radius 3 is 2.52 bits per heavy atom. The van der Waals surface area contributed by atoms with Crippen molar-refractivity contribution in [2.24, 2.45) is 0 Å². The van der Waals surface area contributed by atoms with Crippen LogP contribution < -0.4 is 10.1 Å². The Kier molecular flexibility index (Phi) is 8.13. The van der Waals surface area contributed by atoms with Crippen LogP contribution in [0.1, 0.15) is 59.7 Å². The van der Waals surface area contributed by atoms with Gasteiger partial charge < -0.3 is 10.1 Å².